The van der Waals surface area contributed by atoms with Crippen LogP contribution in [0.5, 0.6) is 5.75 Å². The third kappa shape index (κ3) is 2.84. The summed E-state index contributed by atoms with van der Waals surface area (Å²) < 4.78 is 5.35. The summed E-state index contributed by atoms with van der Waals surface area (Å²) in [5, 5.41) is 0. The number of hydrogen-bond acceptors (Lipinski definition) is 3. The first-order chi connectivity index (χ1) is 9.19. The van der Waals surface area contributed by atoms with Crippen molar-refractivity contribution in [2.24, 2.45) is 11.7 Å². The molecule has 2 N–H and O–H groups in total. The Bertz CT molecular complexity index is 495. The van der Waals surface area contributed by atoms with Gasteiger partial charge in [0.05, 0.1) is 12.8 Å². The number of ether oxygens (including phenoxy) is 1. The molecule has 19 heavy (non-hydrogen) atoms. The van der Waals surface area contributed by atoms with E-state index in [2.05, 4.69) is 11.0 Å². The molecule has 2 fully saturated rings. The number of nitrogens with zero attached hydrogens (tertiary/aromatic N) is 1. The summed E-state index contributed by atoms with van der Waals surface area (Å²) in [6.45, 7) is 1.13. The largest absolute Gasteiger partial charge is 0.497 e. The number of nitrogens with two attached hydrogens (primary N) is 1. The molecule has 1 aromatic carbocycles. The zero-order valence-corrected chi connectivity index (χ0v) is 12.1. The van der Waals surface area contributed by atoms with Gasteiger partial charge in [0.1, 0.15) is 10.7 Å². The van der Waals surface area contributed by atoms with Crippen molar-refractivity contribution < 1.29 is 4.74 Å². The highest BCUT2D eigenvalue weighted by molar-refractivity contribution is 7.80. The molecule has 2 aliphatic rings. The molecule has 0 radical (unpaired) electrons. The zero-order valence-electron chi connectivity index (χ0n) is 11.3. The van der Waals surface area contributed by atoms with E-state index in [9.17, 15) is 0 Å². The van der Waals surface area contributed by atoms with Crippen molar-refractivity contribution >= 4 is 22.9 Å². The Morgan fingerprint density at radius 3 is 2.63 bits per heavy atom. The summed E-state index contributed by atoms with van der Waals surface area (Å²) in [6, 6.07) is 6.66. The van der Waals surface area contributed by atoms with E-state index in [1.807, 2.05) is 12.1 Å². The van der Waals surface area contributed by atoms with E-state index in [1.54, 1.807) is 7.11 Å². The predicted molar refractivity (Wildman–Crippen MR) is 82.0 cm³/mol. The molecule has 0 heterocycles. The van der Waals surface area contributed by atoms with Crippen molar-refractivity contribution in [3.05, 3.63) is 23.8 Å². The molecule has 0 bridgehead atoms. The average molecular weight is 276 g/mol. The van der Waals surface area contributed by atoms with Crippen LogP contribution in [0.1, 0.15) is 31.2 Å². The Labute approximate surface area is 119 Å². The lowest BCUT2D eigenvalue weighted by Gasteiger charge is -2.27. The van der Waals surface area contributed by atoms with E-state index >= 15 is 0 Å². The minimum Gasteiger partial charge on any atom is -0.497 e. The number of methoxy groups -OCH3 is 1. The van der Waals surface area contributed by atoms with Gasteiger partial charge in [-0.2, -0.15) is 0 Å². The van der Waals surface area contributed by atoms with Crippen LogP contribution < -0.4 is 15.4 Å². The van der Waals surface area contributed by atoms with Crippen molar-refractivity contribution in [1.82, 2.24) is 0 Å². The molecule has 0 spiro atoms. The lowest BCUT2D eigenvalue weighted by molar-refractivity contribution is 0.414. The Kier molecular flexibility index (Phi) is 3.35. The van der Waals surface area contributed by atoms with Gasteiger partial charge >= 0.3 is 0 Å². The highest BCUT2D eigenvalue weighted by Crippen LogP contribution is 2.39. The molecule has 102 valence electrons. The molecule has 0 unspecified atom stereocenters. The number of rotatable bonds is 6. The van der Waals surface area contributed by atoms with Crippen molar-refractivity contribution in [3.8, 4) is 5.75 Å². The minimum absolute atomic E-state index is 0.471. The maximum absolute atomic E-state index is 5.87. The number of anilines is 1. The molecule has 0 saturated heterocycles. The van der Waals surface area contributed by atoms with Crippen LogP contribution >= 0.6 is 12.2 Å². The summed E-state index contributed by atoms with van der Waals surface area (Å²) in [5.41, 5.74) is 8.00. The first-order valence-corrected chi connectivity index (χ1v) is 7.34. The summed E-state index contributed by atoms with van der Waals surface area (Å²) in [7, 11) is 1.70. The fourth-order valence-corrected chi connectivity index (χ4v) is 2.67. The van der Waals surface area contributed by atoms with Gasteiger partial charge < -0.3 is 15.4 Å². The van der Waals surface area contributed by atoms with Crippen LogP contribution in [-0.4, -0.2) is 24.7 Å². The van der Waals surface area contributed by atoms with Crippen LogP contribution in [0.4, 0.5) is 5.69 Å². The van der Waals surface area contributed by atoms with Gasteiger partial charge in [0.2, 0.25) is 0 Å². The van der Waals surface area contributed by atoms with Crippen molar-refractivity contribution in [2.75, 3.05) is 18.6 Å². The summed E-state index contributed by atoms with van der Waals surface area (Å²) in [5.74, 6) is 1.72. The molecule has 2 aliphatic carbocycles. The van der Waals surface area contributed by atoms with Crippen LogP contribution in [0.3, 0.4) is 0 Å². The highest BCUT2D eigenvalue weighted by Gasteiger charge is 2.35. The maximum Gasteiger partial charge on any atom is 0.120 e. The van der Waals surface area contributed by atoms with Gasteiger partial charge in [-0.15, -0.1) is 0 Å². The van der Waals surface area contributed by atoms with Gasteiger partial charge in [0, 0.05) is 24.2 Å². The summed E-state index contributed by atoms with van der Waals surface area (Å²) in [6.07, 6.45) is 5.27. The van der Waals surface area contributed by atoms with E-state index in [4.69, 9.17) is 22.7 Å². The molecule has 0 amide bonds. The fraction of sp³-hybridized carbons (Fsp3) is 0.533. The highest BCUT2D eigenvalue weighted by atomic mass is 32.1. The van der Waals surface area contributed by atoms with Gasteiger partial charge in [-0.1, -0.05) is 12.2 Å². The van der Waals surface area contributed by atoms with Gasteiger partial charge in [0.25, 0.3) is 0 Å². The zero-order chi connectivity index (χ0) is 13.4. The number of benzene rings is 1. The van der Waals surface area contributed by atoms with Crippen LogP contribution in [-0.2, 0) is 0 Å². The van der Waals surface area contributed by atoms with Crippen LogP contribution in [0.15, 0.2) is 18.2 Å². The van der Waals surface area contributed by atoms with E-state index in [0.717, 1.165) is 29.5 Å². The molecule has 2 saturated carbocycles. The Morgan fingerprint density at radius 1 is 1.37 bits per heavy atom. The topological polar surface area (TPSA) is 38.5 Å². The maximum atomic E-state index is 5.87. The van der Waals surface area contributed by atoms with Gasteiger partial charge in [-0.05, 0) is 43.7 Å². The SMILES string of the molecule is COc1ccc(C(N)=S)c(N(CC2CC2)C2CC2)c1. The quantitative estimate of drug-likeness (QED) is 0.811. The normalized spacial score (nSPS) is 18.2. The van der Waals surface area contributed by atoms with Crippen LogP contribution in [0.2, 0.25) is 0 Å². The molecule has 4 heteroatoms. The van der Waals surface area contributed by atoms with Crippen LogP contribution in [0, 0.1) is 5.92 Å². The molecule has 0 atom stereocenters. The Balaban J connectivity index is 1.95. The third-order valence-electron chi connectivity index (χ3n) is 3.92. The average Bonchev–Trinajstić information content (AvgIpc) is 3.27. The van der Waals surface area contributed by atoms with E-state index in [1.165, 1.54) is 25.7 Å². The molecule has 0 aromatic heterocycles. The Morgan fingerprint density at radius 2 is 2.11 bits per heavy atom. The van der Waals surface area contributed by atoms with E-state index in [-0.39, 0.29) is 0 Å². The number of hydrogen-bond donors (Lipinski definition) is 1. The predicted octanol–water partition coefficient (Wildman–Crippen LogP) is 2.71. The summed E-state index contributed by atoms with van der Waals surface area (Å²) >= 11 is 5.19. The molecular weight excluding hydrogens is 256 g/mol. The third-order valence-corrected chi connectivity index (χ3v) is 4.14. The first kappa shape index (κ1) is 12.7. The molecule has 0 aliphatic heterocycles. The fourth-order valence-electron chi connectivity index (χ4n) is 2.49. The van der Waals surface area contributed by atoms with Gasteiger partial charge in [-0.25, -0.2) is 0 Å². The minimum atomic E-state index is 0.471. The van der Waals surface area contributed by atoms with Crippen molar-refractivity contribution in [1.29, 1.82) is 0 Å². The molecule has 3 nitrogen and oxygen atoms in total. The van der Waals surface area contributed by atoms with Gasteiger partial charge in [-0.3, -0.25) is 0 Å². The Hall–Kier alpha value is -1.29. The molecular formula is C15H20N2OS. The molecule has 1 aromatic rings. The second-order valence-electron chi connectivity index (χ2n) is 5.57. The van der Waals surface area contributed by atoms with E-state index in [0.29, 0.717) is 11.0 Å². The lowest BCUT2D eigenvalue weighted by atomic mass is 10.1. The molecule has 3 rings (SSSR count). The second-order valence-corrected chi connectivity index (χ2v) is 6.01. The summed E-state index contributed by atoms with van der Waals surface area (Å²) in [4.78, 5) is 2.97. The lowest BCUT2D eigenvalue weighted by Crippen LogP contribution is -2.30. The van der Waals surface area contributed by atoms with Crippen molar-refractivity contribution in [3.63, 3.8) is 0 Å². The smallest absolute Gasteiger partial charge is 0.120 e. The van der Waals surface area contributed by atoms with Crippen LogP contribution in [0.25, 0.3) is 0 Å². The van der Waals surface area contributed by atoms with Gasteiger partial charge in [0.15, 0.2) is 0 Å². The monoisotopic (exact) mass is 276 g/mol. The standard InChI is InChI=1S/C15H20N2OS/c1-18-12-6-7-13(15(16)19)14(8-12)17(11-4-5-11)9-10-2-3-10/h6-8,10-11H,2-5,9H2,1H3,(H2,16,19). The van der Waals surface area contributed by atoms with E-state index < -0.39 is 0 Å². The number of thiocarbonyl (C=S) groups is 1. The first-order valence-electron chi connectivity index (χ1n) is 6.93. The second kappa shape index (κ2) is 5.00. The van der Waals surface area contributed by atoms with Crippen molar-refractivity contribution in [2.45, 2.75) is 31.7 Å².